The van der Waals surface area contributed by atoms with Gasteiger partial charge in [0.05, 0.1) is 6.17 Å². The van der Waals surface area contributed by atoms with Gasteiger partial charge in [-0.3, -0.25) is 9.80 Å². The predicted octanol–water partition coefficient (Wildman–Crippen LogP) is 3.33. The third kappa shape index (κ3) is 4.73. The molecule has 1 unspecified atom stereocenters. The molecule has 0 amide bonds. The van der Waals surface area contributed by atoms with Gasteiger partial charge in [0, 0.05) is 8.80 Å². The number of likely N-dealkylation sites (tertiary alicyclic amines) is 2. The molecule has 2 fully saturated rings. The summed E-state index contributed by atoms with van der Waals surface area (Å²) < 4.78 is 0. The SMILES string of the molecule is C=CC[SiH](C)CC(N1CCCCC1)N1CCCCC1. The highest BCUT2D eigenvalue weighted by Gasteiger charge is 2.28. The smallest absolute Gasteiger partial charge is 0.0595 e. The highest BCUT2D eigenvalue weighted by molar-refractivity contribution is 6.57. The minimum absolute atomic E-state index is 0.603. The summed E-state index contributed by atoms with van der Waals surface area (Å²) in [5.41, 5.74) is 0. The van der Waals surface area contributed by atoms with Crippen molar-refractivity contribution in [3.05, 3.63) is 12.7 Å². The van der Waals surface area contributed by atoms with Gasteiger partial charge in [0.1, 0.15) is 0 Å². The van der Waals surface area contributed by atoms with Crippen LogP contribution >= 0.6 is 0 Å². The predicted molar refractivity (Wildman–Crippen MR) is 87.5 cm³/mol. The maximum atomic E-state index is 3.94. The Morgan fingerprint density at radius 2 is 1.42 bits per heavy atom. The highest BCUT2D eigenvalue weighted by Crippen LogP contribution is 2.23. The zero-order valence-electron chi connectivity index (χ0n) is 12.8. The molecule has 0 aromatic rings. The molecule has 0 spiro atoms. The quantitative estimate of drug-likeness (QED) is 0.544. The zero-order valence-corrected chi connectivity index (χ0v) is 14.0. The maximum absolute atomic E-state index is 3.94. The maximum Gasteiger partial charge on any atom is 0.0595 e. The van der Waals surface area contributed by atoms with Gasteiger partial charge in [0.15, 0.2) is 0 Å². The fraction of sp³-hybridized carbons (Fsp3) is 0.875. The summed E-state index contributed by atoms with van der Waals surface area (Å²) in [6.45, 7) is 11.8. The molecule has 3 heteroatoms. The zero-order chi connectivity index (χ0) is 13.5. The van der Waals surface area contributed by atoms with Crippen LogP contribution in [0.4, 0.5) is 0 Å². The lowest BCUT2D eigenvalue weighted by Gasteiger charge is -2.44. The van der Waals surface area contributed by atoms with Gasteiger partial charge in [-0.05, 0) is 64.0 Å². The second kappa shape index (κ2) is 8.23. The van der Waals surface area contributed by atoms with Crippen LogP contribution in [-0.2, 0) is 0 Å². The Labute approximate surface area is 121 Å². The average Bonchev–Trinajstić information content (AvgIpc) is 2.47. The van der Waals surface area contributed by atoms with Crippen molar-refractivity contribution in [3.8, 4) is 0 Å². The van der Waals surface area contributed by atoms with Crippen LogP contribution in [0.1, 0.15) is 38.5 Å². The number of allylic oxidation sites excluding steroid dienone is 1. The van der Waals surface area contributed by atoms with Crippen molar-refractivity contribution in [2.45, 2.75) is 63.3 Å². The molecule has 1 atom stereocenters. The third-order valence-corrected chi connectivity index (χ3v) is 7.17. The van der Waals surface area contributed by atoms with E-state index < -0.39 is 8.80 Å². The van der Waals surface area contributed by atoms with Crippen molar-refractivity contribution in [2.75, 3.05) is 26.2 Å². The molecule has 2 heterocycles. The second-order valence-corrected chi connectivity index (χ2v) is 9.69. The Kier molecular flexibility index (Phi) is 6.61. The van der Waals surface area contributed by atoms with Gasteiger partial charge in [-0.1, -0.05) is 25.5 Å². The minimum Gasteiger partial charge on any atom is -0.288 e. The Hall–Kier alpha value is -0.123. The first-order chi connectivity index (χ1) is 9.31. The molecule has 0 bridgehead atoms. The largest absolute Gasteiger partial charge is 0.288 e. The molecule has 0 aromatic carbocycles. The Balaban J connectivity index is 1.95. The minimum atomic E-state index is -0.603. The van der Waals surface area contributed by atoms with Crippen molar-refractivity contribution in [1.82, 2.24) is 9.80 Å². The molecule has 0 aromatic heterocycles. The molecular weight excluding hydrogens is 248 g/mol. The number of nitrogens with zero attached hydrogens (tertiary/aromatic N) is 2. The average molecular weight is 281 g/mol. The van der Waals surface area contributed by atoms with E-state index >= 15 is 0 Å². The monoisotopic (exact) mass is 280 g/mol. The van der Waals surface area contributed by atoms with E-state index in [1.165, 1.54) is 76.8 Å². The van der Waals surface area contributed by atoms with Crippen LogP contribution in [-0.4, -0.2) is 50.9 Å². The number of hydrogen-bond acceptors (Lipinski definition) is 2. The molecule has 2 aliphatic rings. The summed E-state index contributed by atoms with van der Waals surface area (Å²) in [5.74, 6) is 0. The first kappa shape index (κ1) is 15.3. The molecule has 110 valence electrons. The van der Waals surface area contributed by atoms with Crippen LogP contribution in [0.3, 0.4) is 0 Å². The van der Waals surface area contributed by atoms with Crippen LogP contribution in [0.15, 0.2) is 12.7 Å². The summed E-state index contributed by atoms with van der Waals surface area (Å²) >= 11 is 0. The summed E-state index contributed by atoms with van der Waals surface area (Å²) in [5, 5.41) is 0. The third-order valence-electron chi connectivity index (χ3n) is 4.81. The van der Waals surface area contributed by atoms with Crippen molar-refractivity contribution >= 4 is 8.80 Å². The molecule has 2 rings (SSSR count). The number of piperidine rings is 2. The standard InChI is InChI=1S/C16H32N2Si/c1-3-14-19(2)15-16(17-10-6-4-7-11-17)18-12-8-5-9-13-18/h3,16,19H,1,4-15H2,2H3. The molecule has 2 saturated heterocycles. The number of rotatable bonds is 6. The van der Waals surface area contributed by atoms with Gasteiger partial charge in [0.25, 0.3) is 0 Å². The normalized spacial score (nSPS) is 24.5. The molecule has 2 aliphatic heterocycles. The van der Waals surface area contributed by atoms with Crippen molar-refractivity contribution in [1.29, 1.82) is 0 Å². The van der Waals surface area contributed by atoms with Gasteiger partial charge in [-0.25, -0.2) is 0 Å². The van der Waals surface area contributed by atoms with Gasteiger partial charge < -0.3 is 0 Å². The van der Waals surface area contributed by atoms with E-state index in [-0.39, 0.29) is 0 Å². The van der Waals surface area contributed by atoms with Gasteiger partial charge >= 0.3 is 0 Å². The van der Waals surface area contributed by atoms with Gasteiger partial charge in [0.2, 0.25) is 0 Å². The van der Waals surface area contributed by atoms with Crippen molar-refractivity contribution in [3.63, 3.8) is 0 Å². The first-order valence-electron chi connectivity index (χ1n) is 8.40. The lowest BCUT2D eigenvalue weighted by atomic mass is 10.1. The van der Waals surface area contributed by atoms with E-state index in [9.17, 15) is 0 Å². The van der Waals surface area contributed by atoms with Crippen LogP contribution in [0, 0.1) is 0 Å². The lowest BCUT2D eigenvalue weighted by Crippen LogP contribution is -2.52. The van der Waals surface area contributed by atoms with Crippen molar-refractivity contribution in [2.24, 2.45) is 0 Å². The molecule has 0 saturated carbocycles. The van der Waals surface area contributed by atoms with E-state index in [2.05, 4.69) is 29.0 Å². The van der Waals surface area contributed by atoms with Gasteiger partial charge in [-0.2, -0.15) is 0 Å². The fourth-order valence-electron chi connectivity index (χ4n) is 3.70. The fourth-order valence-corrected chi connectivity index (χ4v) is 5.78. The summed E-state index contributed by atoms with van der Waals surface area (Å²) in [4.78, 5) is 5.61. The van der Waals surface area contributed by atoms with Gasteiger partial charge in [-0.15, -0.1) is 6.58 Å². The molecular formula is C16H32N2Si. The Morgan fingerprint density at radius 3 is 1.84 bits per heavy atom. The second-order valence-electron chi connectivity index (χ2n) is 6.54. The molecule has 19 heavy (non-hydrogen) atoms. The molecule has 0 radical (unpaired) electrons. The highest BCUT2D eigenvalue weighted by atomic mass is 28.3. The topological polar surface area (TPSA) is 6.48 Å². The van der Waals surface area contributed by atoms with Crippen LogP contribution in [0.2, 0.25) is 18.6 Å². The summed E-state index contributed by atoms with van der Waals surface area (Å²) in [6, 6.07) is 2.77. The molecule has 0 N–H and O–H groups in total. The van der Waals surface area contributed by atoms with Crippen LogP contribution in [0.25, 0.3) is 0 Å². The Morgan fingerprint density at radius 1 is 0.947 bits per heavy atom. The van der Waals surface area contributed by atoms with Crippen LogP contribution in [0.5, 0.6) is 0 Å². The van der Waals surface area contributed by atoms with E-state index in [1.54, 1.807) is 0 Å². The van der Waals surface area contributed by atoms with E-state index in [0.717, 1.165) is 6.17 Å². The van der Waals surface area contributed by atoms with E-state index in [0.29, 0.717) is 0 Å². The first-order valence-corrected chi connectivity index (χ1v) is 11.2. The lowest BCUT2D eigenvalue weighted by molar-refractivity contribution is 0.0288. The summed E-state index contributed by atoms with van der Waals surface area (Å²) in [7, 11) is -0.603. The van der Waals surface area contributed by atoms with Crippen molar-refractivity contribution < 1.29 is 0 Å². The van der Waals surface area contributed by atoms with E-state index in [1.807, 2.05) is 0 Å². The van der Waals surface area contributed by atoms with E-state index in [4.69, 9.17) is 0 Å². The Bertz CT molecular complexity index is 239. The molecule has 0 aliphatic carbocycles. The summed E-state index contributed by atoms with van der Waals surface area (Å²) in [6.07, 6.45) is 11.5. The van der Waals surface area contributed by atoms with Crippen LogP contribution < -0.4 is 0 Å². The number of hydrogen-bond donors (Lipinski definition) is 0. The molecule has 2 nitrogen and oxygen atoms in total.